The monoisotopic (exact) mass is 322 g/mol. The molecule has 1 fully saturated rings. The van der Waals surface area contributed by atoms with Crippen LogP contribution in [0.2, 0.25) is 10.0 Å². The van der Waals surface area contributed by atoms with Gasteiger partial charge in [0.05, 0.1) is 10.6 Å². The van der Waals surface area contributed by atoms with E-state index in [4.69, 9.17) is 28.9 Å². The Kier molecular flexibility index (Phi) is 5.93. The Labute approximate surface area is 129 Å². The molecule has 19 heavy (non-hydrogen) atoms. The van der Waals surface area contributed by atoms with Crippen molar-refractivity contribution in [3.8, 4) is 0 Å². The minimum Gasteiger partial charge on any atom is -0.336 e. The molecule has 106 valence electrons. The molecule has 0 saturated carbocycles. The number of nitrogens with zero attached hydrogens (tertiary/aromatic N) is 1. The van der Waals surface area contributed by atoms with E-state index in [9.17, 15) is 4.79 Å². The van der Waals surface area contributed by atoms with E-state index in [0.717, 1.165) is 6.42 Å². The summed E-state index contributed by atoms with van der Waals surface area (Å²) in [6, 6.07) is 5.16. The average molecular weight is 324 g/mol. The van der Waals surface area contributed by atoms with Crippen LogP contribution in [0.5, 0.6) is 0 Å². The van der Waals surface area contributed by atoms with Gasteiger partial charge in [-0.3, -0.25) is 4.79 Å². The van der Waals surface area contributed by atoms with Crippen LogP contribution in [0.25, 0.3) is 0 Å². The van der Waals surface area contributed by atoms with Gasteiger partial charge in [0, 0.05) is 17.6 Å². The third kappa shape index (κ3) is 3.54. The van der Waals surface area contributed by atoms with Gasteiger partial charge in [-0.15, -0.1) is 12.4 Å². The molecule has 0 aromatic heterocycles. The zero-order chi connectivity index (χ0) is 13.3. The highest BCUT2D eigenvalue weighted by molar-refractivity contribution is 6.36. The van der Waals surface area contributed by atoms with Gasteiger partial charge in [0.25, 0.3) is 5.91 Å². The summed E-state index contributed by atoms with van der Waals surface area (Å²) in [6.45, 7) is 3.36. The largest absolute Gasteiger partial charge is 0.336 e. The number of likely N-dealkylation sites (tertiary alicyclic amines) is 1. The fraction of sp³-hybridized carbons (Fsp3) is 0.462. The molecule has 2 atom stereocenters. The highest BCUT2D eigenvalue weighted by Gasteiger charge is 2.32. The van der Waals surface area contributed by atoms with Crippen molar-refractivity contribution in [2.75, 3.05) is 13.1 Å². The summed E-state index contributed by atoms with van der Waals surface area (Å²) >= 11 is 11.9. The maximum atomic E-state index is 12.4. The van der Waals surface area contributed by atoms with Gasteiger partial charge in [0.1, 0.15) is 0 Å². The second-order valence-corrected chi connectivity index (χ2v) is 5.61. The standard InChI is InChI=1S/C13H16Cl2N2O.ClH/c1-8-4-9(6-16)7-17(8)13(18)11-3-2-10(14)5-12(11)15;/h2-3,5,8-9H,4,6-7,16H2,1H3;1H. The van der Waals surface area contributed by atoms with E-state index in [1.807, 2.05) is 11.8 Å². The molecule has 1 aromatic carbocycles. The van der Waals surface area contributed by atoms with Crippen LogP contribution in [0.1, 0.15) is 23.7 Å². The third-order valence-electron chi connectivity index (χ3n) is 3.42. The Hall–Kier alpha value is -0.480. The lowest BCUT2D eigenvalue weighted by Gasteiger charge is -2.22. The summed E-state index contributed by atoms with van der Waals surface area (Å²) in [5.41, 5.74) is 6.17. The number of benzene rings is 1. The van der Waals surface area contributed by atoms with Crippen molar-refractivity contribution < 1.29 is 4.79 Å². The Balaban J connectivity index is 0.00000180. The molecule has 0 aliphatic carbocycles. The van der Waals surface area contributed by atoms with E-state index >= 15 is 0 Å². The Morgan fingerprint density at radius 2 is 2.16 bits per heavy atom. The average Bonchev–Trinajstić information content (AvgIpc) is 2.70. The lowest BCUT2D eigenvalue weighted by atomic mass is 10.1. The number of carbonyl (C=O) groups is 1. The second-order valence-electron chi connectivity index (χ2n) is 4.77. The van der Waals surface area contributed by atoms with E-state index in [0.29, 0.717) is 34.6 Å². The van der Waals surface area contributed by atoms with Crippen molar-refractivity contribution in [1.29, 1.82) is 0 Å². The first-order chi connectivity index (χ1) is 8.52. The van der Waals surface area contributed by atoms with Crippen LogP contribution < -0.4 is 5.73 Å². The van der Waals surface area contributed by atoms with Crippen molar-refractivity contribution in [3.63, 3.8) is 0 Å². The third-order valence-corrected chi connectivity index (χ3v) is 3.96. The maximum Gasteiger partial charge on any atom is 0.255 e. The van der Waals surface area contributed by atoms with Gasteiger partial charge in [-0.1, -0.05) is 23.2 Å². The van der Waals surface area contributed by atoms with E-state index < -0.39 is 0 Å². The molecule has 1 aliphatic heterocycles. The topological polar surface area (TPSA) is 46.3 Å². The molecule has 1 amide bonds. The van der Waals surface area contributed by atoms with Gasteiger partial charge in [-0.25, -0.2) is 0 Å². The zero-order valence-corrected chi connectivity index (χ0v) is 12.9. The fourth-order valence-corrected chi connectivity index (χ4v) is 2.90. The Bertz CT molecular complexity index is 467. The minimum absolute atomic E-state index is 0. The molecule has 3 nitrogen and oxygen atoms in total. The summed E-state index contributed by atoms with van der Waals surface area (Å²) in [6.07, 6.45) is 0.952. The SMILES string of the molecule is CC1CC(CN)CN1C(=O)c1ccc(Cl)cc1Cl.Cl. The molecule has 0 bridgehead atoms. The van der Waals surface area contributed by atoms with E-state index in [1.54, 1.807) is 18.2 Å². The quantitative estimate of drug-likeness (QED) is 0.908. The molecule has 1 aliphatic rings. The summed E-state index contributed by atoms with van der Waals surface area (Å²) in [7, 11) is 0. The Morgan fingerprint density at radius 3 is 2.68 bits per heavy atom. The molecule has 1 saturated heterocycles. The molecule has 2 unspecified atom stereocenters. The number of hydrogen-bond acceptors (Lipinski definition) is 2. The predicted molar refractivity (Wildman–Crippen MR) is 81.4 cm³/mol. The molecule has 6 heteroatoms. The molecule has 0 spiro atoms. The van der Waals surface area contributed by atoms with Crippen molar-refractivity contribution in [3.05, 3.63) is 33.8 Å². The normalized spacial score (nSPS) is 22.2. The Morgan fingerprint density at radius 1 is 1.47 bits per heavy atom. The van der Waals surface area contributed by atoms with Gasteiger partial charge >= 0.3 is 0 Å². The number of carbonyl (C=O) groups excluding carboxylic acids is 1. The number of nitrogens with two attached hydrogens (primary N) is 1. The molecule has 2 N–H and O–H groups in total. The molecule has 1 heterocycles. The van der Waals surface area contributed by atoms with Crippen LogP contribution in [-0.2, 0) is 0 Å². The molecule has 1 aromatic rings. The smallest absolute Gasteiger partial charge is 0.255 e. The highest BCUT2D eigenvalue weighted by Crippen LogP contribution is 2.27. The van der Waals surface area contributed by atoms with E-state index in [-0.39, 0.29) is 24.4 Å². The highest BCUT2D eigenvalue weighted by atomic mass is 35.5. The lowest BCUT2D eigenvalue weighted by Crippen LogP contribution is -2.34. The zero-order valence-electron chi connectivity index (χ0n) is 10.6. The molecule has 2 rings (SSSR count). The van der Waals surface area contributed by atoms with Crippen LogP contribution in [0.15, 0.2) is 18.2 Å². The van der Waals surface area contributed by atoms with Gasteiger partial charge in [0.15, 0.2) is 0 Å². The lowest BCUT2D eigenvalue weighted by molar-refractivity contribution is 0.0743. The van der Waals surface area contributed by atoms with Crippen LogP contribution in [0.3, 0.4) is 0 Å². The van der Waals surface area contributed by atoms with Crippen LogP contribution in [0, 0.1) is 5.92 Å². The van der Waals surface area contributed by atoms with Crippen LogP contribution in [-0.4, -0.2) is 29.9 Å². The van der Waals surface area contributed by atoms with E-state index in [2.05, 4.69) is 0 Å². The summed E-state index contributed by atoms with van der Waals surface area (Å²) < 4.78 is 0. The summed E-state index contributed by atoms with van der Waals surface area (Å²) in [5.74, 6) is 0.343. The minimum atomic E-state index is -0.0416. The number of amides is 1. The second kappa shape index (κ2) is 6.80. The summed E-state index contributed by atoms with van der Waals surface area (Å²) in [5, 5.41) is 0.932. The van der Waals surface area contributed by atoms with Crippen LogP contribution >= 0.6 is 35.6 Å². The van der Waals surface area contributed by atoms with Gasteiger partial charge < -0.3 is 10.6 Å². The molecular weight excluding hydrogens is 307 g/mol. The van der Waals surface area contributed by atoms with Crippen molar-refractivity contribution >= 4 is 41.5 Å². The van der Waals surface area contributed by atoms with Crippen LogP contribution in [0.4, 0.5) is 0 Å². The fourth-order valence-electron chi connectivity index (χ4n) is 2.41. The number of halogens is 3. The van der Waals surface area contributed by atoms with E-state index in [1.165, 1.54) is 0 Å². The first kappa shape index (κ1) is 16.6. The van der Waals surface area contributed by atoms with Crippen molar-refractivity contribution in [1.82, 2.24) is 4.90 Å². The molecule has 0 radical (unpaired) electrons. The van der Waals surface area contributed by atoms with Gasteiger partial charge in [0.2, 0.25) is 0 Å². The van der Waals surface area contributed by atoms with Gasteiger partial charge in [-0.05, 0) is 44.0 Å². The predicted octanol–water partition coefficient (Wildman–Crippen LogP) is 3.22. The number of rotatable bonds is 2. The van der Waals surface area contributed by atoms with Crippen molar-refractivity contribution in [2.24, 2.45) is 11.7 Å². The molecular formula is C13H17Cl3N2O. The van der Waals surface area contributed by atoms with Crippen molar-refractivity contribution in [2.45, 2.75) is 19.4 Å². The maximum absolute atomic E-state index is 12.4. The first-order valence-corrected chi connectivity index (χ1v) is 6.74. The first-order valence-electron chi connectivity index (χ1n) is 5.99. The van der Waals surface area contributed by atoms with Gasteiger partial charge in [-0.2, -0.15) is 0 Å². The number of hydrogen-bond donors (Lipinski definition) is 1. The summed E-state index contributed by atoms with van der Waals surface area (Å²) in [4.78, 5) is 14.2.